The highest BCUT2D eigenvalue weighted by molar-refractivity contribution is 9.09. The number of hydrogen-bond acceptors (Lipinski definition) is 1. The second kappa shape index (κ2) is 6.90. The zero-order valence-electron chi connectivity index (χ0n) is 12.5. The summed E-state index contributed by atoms with van der Waals surface area (Å²) in [5.41, 5.74) is 5.83. The fourth-order valence-electron chi connectivity index (χ4n) is 3.28. The van der Waals surface area contributed by atoms with E-state index in [1.165, 1.54) is 48.9 Å². The number of likely N-dealkylation sites (tertiary alicyclic amines) is 1. The summed E-state index contributed by atoms with van der Waals surface area (Å²) < 4.78 is 0. The lowest BCUT2D eigenvalue weighted by atomic mass is 9.99. The molecule has 106 valence electrons. The van der Waals surface area contributed by atoms with Crippen molar-refractivity contribution >= 4 is 15.9 Å². The third-order valence-corrected chi connectivity index (χ3v) is 5.13. The lowest BCUT2D eigenvalue weighted by molar-refractivity contribution is 0.208. The number of nitrogens with zero attached hydrogens (tertiary/aromatic N) is 1. The molecule has 1 saturated heterocycles. The molecule has 1 aromatic carbocycles. The van der Waals surface area contributed by atoms with Crippen molar-refractivity contribution in [3.8, 4) is 0 Å². The van der Waals surface area contributed by atoms with E-state index in [2.05, 4.69) is 53.7 Å². The molecule has 2 heteroatoms. The summed E-state index contributed by atoms with van der Waals surface area (Å²) in [6.07, 6.45) is 5.48. The SMILES string of the molecule is Cc1cc(C)c(CN2CCCCCC2CBr)c(C)c1. The van der Waals surface area contributed by atoms with Gasteiger partial charge in [0, 0.05) is 17.9 Å². The molecular weight excluding hydrogens is 298 g/mol. The van der Waals surface area contributed by atoms with Gasteiger partial charge in [-0.05, 0) is 56.8 Å². The predicted molar refractivity (Wildman–Crippen MR) is 87.1 cm³/mol. The fourth-order valence-corrected chi connectivity index (χ4v) is 4.02. The molecule has 1 aliphatic rings. The first-order valence-corrected chi connectivity index (χ1v) is 8.60. The van der Waals surface area contributed by atoms with Crippen LogP contribution in [0.1, 0.15) is 47.9 Å². The molecule has 1 atom stereocenters. The van der Waals surface area contributed by atoms with Crippen LogP contribution in [0.5, 0.6) is 0 Å². The highest BCUT2D eigenvalue weighted by Gasteiger charge is 2.21. The third-order valence-electron chi connectivity index (χ3n) is 4.38. The molecule has 1 aromatic rings. The monoisotopic (exact) mass is 323 g/mol. The van der Waals surface area contributed by atoms with Crippen molar-refractivity contribution in [1.29, 1.82) is 0 Å². The number of hydrogen-bond donors (Lipinski definition) is 0. The van der Waals surface area contributed by atoms with Crippen molar-refractivity contribution < 1.29 is 0 Å². The van der Waals surface area contributed by atoms with E-state index in [4.69, 9.17) is 0 Å². The molecule has 1 heterocycles. The van der Waals surface area contributed by atoms with E-state index in [1.807, 2.05) is 0 Å². The van der Waals surface area contributed by atoms with Gasteiger partial charge in [-0.1, -0.05) is 46.5 Å². The summed E-state index contributed by atoms with van der Waals surface area (Å²) in [6, 6.07) is 5.36. The Bertz CT molecular complexity index is 404. The van der Waals surface area contributed by atoms with Crippen molar-refractivity contribution in [2.75, 3.05) is 11.9 Å². The van der Waals surface area contributed by atoms with Gasteiger partial charge in [0.15, 0.2) is 0 Å². The standard InChI is InChI=1S/C17H26BrN/c1-13-9-14(2)17(15(3)10-13)12-19-8-6-4-5-7-16(19)11-18/h9-10,16H,4-8,11-12H2,1-3H3. The quantitative estimate of drug-likeness (QED) is 0.725. The minimum Gasteiger partial charge on any atom is -0.295 e. The van der Waals surface area contributed by atoms with Gasteiger partial charge in [-0.2, -0.15) is 0 Å². The normalized spacial score (nSPS) is 21.4. The molecule has 1 fully saturated rings. The summed E-state index contributed by atoms with van der Waals surface area (Å²) in [7, 11) is 0. The average molecular weight is 324 g/mol. The topological polar surface area (TPSA) is 3.24 Å². The van der Waals surface area contributed by atoms with Gasteiger partial charge in [0.1, 0.15) is 0 Å². The number of benzene rings is 1. The van der Waals surface area contributed by atoms with Gasteiger partial charge < -0.3 is 0 Å². The minimum absolute atomic E-state index is 0.711. The van der Waals surface area contributed by atoms with Crippen molar-refractivity contribution in [2.24, 2.45) is 0 Å². The van der Waals surface area contributed by atoms with Crippen LogP contribution >= 0.6 is 15.9 Å². The van der Waals surface area contributed by atoms with E-state index < -0.39 is 0 Å². The molecule has 0 aliphatic carbocycles. The Morgan fingerprint density at radius 3 is 2.42 bits per heavy atom. The smallest absolute Gasteiger partial charge is 0.0242 e. The Labute approximate surface area is 126 Å². The molecule has 0 radical (unpaired) electrons. The van der Waals surface area contributed by atoms with Crippen LogP contribution in [-0.4, -0.2) is 22.8 Å². The number of halogens is 1. The van der Waals surface area contributed by atoms with Crippen LogP contribution in [0.15, 0.2) is 12.1 Å². The molecule has 2 rings (SSSR count). The lowest BCUT2D eigenvalue weighted by Crippen LogP contribution is -2.35. The number of rotatable bonds is 3. The summed E-state index contributed by atoms with van der Waals surface area (Å²) in [5, 5.41) is 1.11. The van der Waals surface area contributed by atoms with Crippen molar-refractivity contribution in [1.82, 2.24) is 4.90 Å². The van der Waals surface area contributed by atoms with E-state index in [-0.39, 0.29) is 0 Å². The van der Waals surface area contributed by atoms with Crippen LogP contribution in [0.25, 0.3) is 0 Å². The first-order chi connectivity index (χ1) is 9.11. The molecule has 19 heavy (non-hydrogen) atoms. The second-order valence-electron chi connectivity index (χ2n) is 6.01. The minimum atomic E-state index is 0.711. The third kappa shape index (κ3) is 3.82. The highest BCUT2D eigenvalue weighted by atomic mass is 79.9. The number of aryl methyl sites for hydroxylation is 3. The van der Waals surface area contributed by atoms with Gasteiger partial charge in [-0.3, -0.25) is 4.90 Å². The van der Waals surface area contributed by atoms with E-state index in [1.54, 1.807) is 5.56 Å². The van der Waals surface area contributed by atoms with Crippen LogP contribution in [-0.2, 0) is 6.54 Å². The highest BCUT2D eigenvalue weighted by Crippen LogP contribution is 2.24. The van der Waals surface area contributed by atoms with Gasteiger partial charge in [0.2, 0.25) is 0 Å². The van der Waals surface area contributed by atoms with Crippen LogP contribution in [0.4, 0.5) is 0 Å². The molecule has 0 aromatic heterocycles. The Hall–Kier alpha value is -0.340. The van der Waals surface area contributed by atoms with E-state index in [0.29, 0.717) is 6.04 Å². The first-order valence-electron chi connectivity index (χ1n) is 7.48. The maximum Gasteiger partial charge on any atom is 0.0242 e. The fraction of sp³-hybridized carbons (Fsp3) is 0.647. The number of alkyl halides is 1. The molecule has 0 spiro atoms. The Kier molecular flexibility index (Phi) is 5.47. The zero-order chi connectivity index (χ0) is 13.8. The molecule has 0 N–H and O–H groups in total. The van der Waals surface area contributed by atoms with Crippen molar-refractivity contribution in [3.63, 3.8) is 0 Å². The average Bonchev–Trinajstić information content (AvgIpc) is 2.58. The zero-order valence-corrected chi connectivity index (χ0v) is 14.1. The molecule has 0 bridgehead atoms. The van der Waals surface area contributed by atoms with Crippen molar-refractivity contribution in [2.45, 2.75) is 59.0 Å². The summed E-state index contributed by atoms with van der Waals surface area (Å²) in [6.45, 7) is 9.08. The van der Waals surface area contributed by atoms with Crippen LogP contribution in [0.3, 0.4) is 0 Å². The second-order valence-corrected chi connectivity index (χ2v) is 6.65. The molecule has 1 nitrogen and oxygen atoms in total. The molecule has 0 saturated carbocycles. The molecule has 1 aliphatic heterocycles. The maximum absolute atomic E-state index is 3.71. The maximum atomic E-state index is 3.71. The largest absolute Gasteiger partial charge is 0.295 e. The summed E-state index contributed by atoms with van der Waals surface area (Å²) in [4.78, 5) is 2.69. The van der Waals surface area contributed by atoms with E-state index >= 15 is 0 Å². The lowest BCUT2D eigenvalue weighted by Gasteiger charge is -2.30. The van der Waals surface area contributed by atoms with E-state index in [0.717, 1.165) is 11.9 Å². The van der Waals surface area contributed by atoms with Gasteiger partial charge in [-0.25, -0.2) is 0 Å². The Balaban J connectivity index is 2.19. The molecule has 0 amide bonds. The van der Waals surface area contributed by atoms with Gasteiger partial charge in [0.05, 0.1) is 0 Å². The summed E-state index contributed by atoms with van der Waals surface area (Å²) in [5.74, 6) is 0. The first kappa shape index (κ1) is 15.1. The van der Waals surface area contributed by atoms with Gasteiger partial charge in [-0.15, -0.1) is 0 Å². The predicted octanol–water partition coefficient (Wildman–Crippen LogP) is 4.75. The van der Waals surface area contributed by atoms with Crippen molar-refractivity contribution in [3.05, 3.63) is 34.4 Å². The van der Waals surface area contributed by atoms with E-state index in [9.17, 15) is 0 Å². The van der Waals surface area contributed by atoms with Crippen LogP contribution in [0, 0.1) is 20.8 Å². The summed E-state index contributed by atoms with van der Waals surface area (Å²) >= 11 is 3.71. The van der Waals surface area contributed by atoms with Gasteiger partial charge >= 0.3 is 0 Å². The van der Waals surface area contributed by atoms with Crippen LogP contribution < -0.4 is 0 Å². The molecule has 1 unspecified atom stereocenters. The Morgan fingerprint density at radius 1 is 1.11 bits per heavy atom. The Morgan fingerprint density at radius 2 is 1.79 bits per heavy atom. The molecular formula is C17H26BrN. The van der Waals surface area contributed by atoms with Crippen LogP contribution in [0.2, 0.25) is 0 Å². The van der Waals surface area contributed by atoms with Gasteiger partial charge in [0.25, 0.3) is 0 Å².